The number of rotatable bonds is 4. The lowest BCUT2D eigenvalue weighted by molar-refractivity contribution is -0.0325. The van der Waals surface area contributed by atoms with E-state index >= 15 is 0 Å². The number of aliphatic hydroxyl groups is 1. The quantitative estimate of drug-likeness (QED) is 0.917. The minimum absolute atomic E-state index is 0.155. The van der Waals surface area contributed by atoms with E-state index in [1.807, 2.05) is 38.1 Å². The molecule has 1 N–H and O–H groups in total. The molecule has 1 aromatic carbocycles. The molecule has 1 aliphatic rings. The number of ether oxygens (including phenoxy) is 1. The van der Waals surface area contributed by atoms with Gasteiger partial charge in [-0.2, -0.15) is 0 Å². The first-order valence-electron chi connectivity index (χ1n) is 7.64. The van der Waals surface area contributed by atoms with Gasteiger partial charge >= 0.3 is 0 Å². The van der Waals surface area contributed by atoms with Crippen molar-refractivity contribution in [1.29, 1.82) is 0 Å². The van der Waals surface area contributed by atoms with E-state index in [9.17, 15) is 5.11 Å². The molecule has 1 heterocycles. The molecule has 1 saturated heterocycles. The maximum absolute atomic E-state index is 10.9. The third-order valence-electron chi connectivity index (χ3n) is 4.10. The second kappa shape index (κ2) is 6.15. The van der Waals surface area contributed by atoms with E-state index in [1.165, 1.54) is 0 Å². The van der Waals surface area contributed by atoms with Crippen LogP contribution in [0.4, 0.5) is 0 Å². The van der Waals surface area contributed by atoms with Crippen molar-refractivity contribution in [2.45, 2.75) is 58.3 Å². The molecule has 2 rings (SSSR count). The molecule has 20 heavy (non-hydrogen) atoms. The first-order chi connectivity index (χ1) is 9.40. The third kappa shape index (κ3) is 3.53. The van der Waals surface area contributed by atoms with E-state index < -0.39 is 5.60 Å². The van der Waals surface area contributed by atoms with E-state index in [0.717, 1.165) is 37.2 Å². The lowest BCUT2D eigenvalue weighted by Gasteiger charge is -2.40. The molecule has 0 unspecified atom stereocenters. The molecule has 1 aliphatic heterocycles. The first-order valence-corrected chi connectivity index (χ1v) is 7.64. The summed E-state index contributed by atoms with van der Waals surface area (Å²) in [6.45, 7) is 10.3. The van der Waals surface area contributed by atoms with Crippen molar-refractivity contribution in [2.75, 3.05) is 13.1 Å². The standard InChI is InChI=1S/C17H27NO2/c1-13(2)18-10-8-17(19,9-11-18)15-6-5-7-16(12-15)20-14(3)4/h5-7,12-14,19H,8-11H2,1-4H3. The van der Waals surface area contributed by atoms with Gasteiger partial charge in [0.05, 0.1) is 11.7 Å². The van der Waals surface area contributed by atoms with Gasteiger partial charge in [-0.3, -0.25) is 0 Å². The topological polar surface area (TPSA) is 32.7 Å². The molecule has 0 bridgehead atoms. The van der Waals surface area contributed by atoms with Crippen molar-refractivity contribution in [1.82, 2.24) is 4.90 Å². The Kier molecular flexibility index (Phi) is 4.71. The maximum atomic E-state index is 10.9. The predicted octanol–water partition coefficient (Wildman–Crippen LogP) is 3.17. The molecule has 0 saturated carbocycles. The van der Waals surface area contributed by atoms with Gasteiger partial charge in [0.25, 0.3) is 0 Å². The van der Waals surface area contributed by atoms with E-state index in [2.05, 4.69) is 18.7 Å². The molecule has 0 atom stereocenters. The minimum Gasteiger partial charge on any atom is -0.491 e. The molecule has 0 aromatic heterocycles. The second-order valence-electron chi connectivity index (χ2n) is 6.36. The van der Waals surface area contributed by atoms with Gasteiger partial charge < -0.3 is 14.7 Å². The van der Waals surface area contributed by atoms with Gasteiger partial charge in [0.15, 0.2) is 0 Å². The zero-order valence-electron chi connectivity index (χ0n) is 13.1. The number of benzene rings is 1. The van der Waals surface area contributed by atoms with Gasteiger partial charge in [-0.15, -0.1) is 0 Å². The molecular formula is C17H27NO2. The summed E-state index contributed by atoms with van der Waals surface area (Å²) < 4.78 is 5.73. The van der Waals surface area contributed by atoms with Crippen molar-refractivity contribution in [3.63, 3.8) is 0 Å². The summed E-state index contributed by atoms with van der Waals surface area (Å²) >= 11 is 0. The van der Waals surface area contributed by atoms with E-state index in [0.29, 0.717) is 6.04 Å². The lowest BCUT2D eigenvalue weighted by atomic mass is 9.84. The number of hydrogen-bond donors (Lipinski definition) is 1. The van der Waals surface area contributed by atoms with Crippen LogP contribution in [0.15, 0.2) is 24.3 Å². The van der Waals surface area contributed by atoms with Crippen LogP contribution in [0.5, 0.6) is 5.75 Å². The van der Waals surface area contributed by atoms with Gasteiger partial charge in [-0.25, -0.2) is 0 Å². The molecule has 0 spiro atoms. The van der Waals surface area contributed by atoms with Crippen molar-refractivity contribution in [2.24, 2.45) is 0 Å². The molecule has 3 nitrogen and oxygen atoms in total. The van der Waals surface area contributed by atoms with Gasteiger partial charge in [0.1, 0.15) is 5.75 Å². The Morgan fingerprint density at radius 3 is 2.35 bits per heavy atom. The number of hydrogen-bond acceptors (Lipinski definition) is 3. The van der Waals surface area contributed by atoms with Crippen molar-refractivity contribution >= 4 is 0 Å². The fourth-order valence-corrected chi connectivity index (χ4v) is 2.83. The summed E-state index contributed by atoms with van der Waals surface area (Å²) in [4.78, 5) is 2.42. The molecule has 3 heteroatoms. The second-order valence-corrected chi connectivity index (χ2v) is 6.36. The normalized spacial score (nSPS) is 19.6. The van der Waals surface area contributed by atoms with Crippen LogP contribution in [-0.2, 0) is 5.60 Å². The Hall–Kier alpha value is -1.06. The van der Waals surface area contributed by atoms with E-state index in [4.69, 9.17) is 4.74 Å². The average molecular weight is 277 g/mol. The zero-order chi connectivity index (χ0) is 14.8. The van der Waals surface area contributed by atoms with Crippen LogP contribution < -0.4 is 4.74 Å². The summed E-state index contributed by atoms with van der Waals surface area (Å²) in [5.74, 6) is 0.845. The SMILES string of the molecule is CC(C)Oc1cccc(C2(O)CCN(C(C)C)CC2)c1. The fraction of sp³-hybridized carbons (Fsp3) is 0.647. The molecule has 0 radical (unpaired) electrons. The highest BCUT2D eigenvalue weighted by Crippen LogP contribution is 2.34. The molecule has 1 fully saturated rings. The Morgan fingerprint density at radius 2 is 1.80 bits per heavy atom. The van der Waals surface area contributed by atoms with Crippen LogP contribution in [0, 0.1) is 0 Å². The zero-order valence-corrected chi connectivity index (χ0v) is 13.1. The van der Waals surface area contributed by atoms with Crippen molar-refractivity contribution < 1.29 is 9.84 Å². The molecule has 112 valence electrons. The largest absolute Gasteiger partial charge is 0.491 e. The highest BCUT2D eigenvalue weighted by atomic mass is 16.5. The van der Waals surface area contributed by atoms with Gasteiger partial charge in [0, 0.05) is 19.1 Å². The van der Waals surface area contributed by atoms with Crippen LogP contribution in [0.2, 0.25) is 0 Å². The number of piperidine rings is 1. The van der Waals surface area contributed by atoms with E-state index in [1.54, 1.807) is 0 Å². The third-order valence-corrected chi connectivity index (χ3v) is 4.10. The molecule has 1 aromatic rings. The average Bonchev–Trinajstić information content (AvgIpc) is 2.39. The summed E-state index contributed by atoms with van der Waals surface area (Å²) in [7, 11) is 0. The Balaban J connectivity index is 2.11. The predicted molar refractivity (Wildman–Crippen MR) is 82.0 cm³/mol. The van der Waals surface area contributed by atoms with Crippen LogP contribution in [0.1, 0.15) is 46.1 Å². The Morgan fingerprint density at radius 1 is 1.15 bits per heavy atom. The maximum Gasteiger partial charge on any atom is 0.120 e. The molecular weight excluding hydrogens is 250 g/mol. The van der Waals surface area contributed by atoms with Crippen LogP contribution >= 0.6 is 0 Å². The number of likely N-dealkylation sites (tertiary alicyclic amines) is 1. The van der Waals surface area contributed by atoms with Crippen LogP contribution in [0.3, 0.4) is 0 Å². The van der Waals surface area contributed by atoms with Crippen molar-refractivity contribution in [3.8, 4) is 5.75 Å². The number of nitrogens with zero attached hydrogens (tertiary/aromatic N) is 1. The fourth-order valence-electron chi connectivity index (χ4n) is 2.83. The molecule has 0 aliphatic carbocycles. The Bertz CT molecular complexity index is 434. The summed E-state index contributed by atoms with van der Waals surface area (Å²) in [5, 5.41) is 10.9. The smallest absolute Gasteiger partial charge is 0.120 e. The highest BCUT2D eigenvalue weighted by molar-refractivity contribution is 5.33. The summed E-state index contributed by atoms with van der Waals surface area (Å²) in [6, 6.07) is 8.48. The van der Waals surface area contributed by atoms with E-state index in [-0.39, 0.29) is 6.10 Å². The monoisotopic (exact) mass is 277 g/mol. The van der Waals surface area contributed by atoms with Gasteiger partial charge in [-0.1, -0.05) is 12.1 Å². The van der Waals surface area contributed by atoms with Gasteiger partial charge in [0.2, 0.25) is 0 Å². The highest BCUT2D eigenvalue weighted by Gasteiger charge is 2.34. The summed E-state index contributed by atoms with van der Waals surface area (Å²) in [5.41, 5.74) is 0.279. The van der Waals surface area contributed by atoms with Crippen LogP contribution in [0.25, 0.3) is 0 Å². The minimum atomic E-state index is -0.707. The Labute approximate surface area is 122 Å². The van der Waals surface area contributed by atoms with Crippen LogP contribution in [-0.4, -0.2) is 35.2 Å². The first kappa shape index (κ1) is 15.3. The lowest BCUT2D eigenvalue weighted by Crippen LogP contribution is -2.45. The van der Waals surface area contributed by atoms with Gasteiger partial charge in [-0.05, 0) is 58.2 Å². The van der Waals surface area contributed by atoms with Crippen molar-refractivity contribution in [3.05, 3.63) is 29.8 Å². The summed E-state index contributed by atoms with van der Waals surface area (Å²) in [6.07, 6.45) is 1.73. The molecule has 0 amide bonds.